The minimum absolute atomic E-state index is 0.0468. The number of nitrogens with one attached hydrogen (secondary N) is 1. The number of nitrogens with zero attached hydrogens (tertiary/aromatic N) is 2. The van der Waals surface area contributed by atoms with Gasteiger partial charge in [0, 0.05) is 18.1 Å². The first-order valence-corrected chi connectivity index (χ1v) is 14.4. The average molecular weight is 556 g/mol. The number of halogens is 1. The molecule has 3 rings (SSSR count). The Bertz CT molecular complexity index is 1380. The van der Waals surface area contributed by atoms with Gasteiger partial charge in [-0.25, -0.2) is 8.42 Å². The van der Waals surface area contributed by atoms with Gasteiger partial charge in [-0.05, 0) is 62.6 Å². The van der Waals surface area contributed by atoms with E-state index in [1.165, 1.54) is 23.1 Å². The Balaban J connectivity index is 2.07. The van der Waals surface area contributed by atoms with E-state index in [0.29, 0.717) is 18.0 Å². The van der Waals surface area contributed by atoms with Crippen molar-refractivity contribution in [3.63, 3.8) is 0 Å². The first-order chi connectivity index (χ1) is 18.1. The molecule has 3 aromatic rings. The second kappa shape index (κ2) is 12.9. The Morgan fingerprint density at radius 2 is 1.66 bits per heavy atom. The van der Waals surface area contributed by atoms with E-state index < -0.39 is 28.5 Å². The summed E-state index contributed by atoms with van der Waals surface area (Å²) in [6.07, 6.45) is 0.366. The van der Waals surface area contributed by atoms with E-state index in [0.717, 1.165) is 21.0 Å². The fraction of sp³-hybridized carbons (Fsp3) is 0.310. The van der Waals surface area contributed by atoms with Gasteiger partial charge in [0.2, 0.25) is 11.8 Å². The molecule has 0 saturated carbocycles. The predicted octanol–water partition coefficient (Wildman–Crippen LogP) is 5.10. The van der Waals surface area contributed by atoms with Crippen LogP contribution in [0.2, 0.25) is 5.02 Å². The molecule has 1 unspecified atom stereocenters. The zero-order chi connectivity index (χ0) is 27.9. The van der Waals surface area contributed by atoms with Gasteiger partial charge < -0.3 is 10.2 Å². The minimum Gasteiger partial charge on any atom is -0.355 e. The van der Waals surface area contributed by atoms with Crippen molar-refractivity contribution in [2.24, 2.45) is 0 Å². The van der Waals surface area contributed by atoms with Crippen molar-refractivity contribution in [3.05, 3.63) is 94.5 Å². The number of likely N-dealkylation sites (N-methyl/N-ethyl adjacent to an activating group) is 1. The highest BCUT2D eigenvalue weighted by Gasteiger charge is 2.33. The van der Waals surface area contributed by atoms with Crippen molar-refractivity contribution < 1.29 is 18.0 Å². The van der Waals surface area contributed by atoms with E-state index in [-0.39, 0.29) is 23.0 Å². The Morgan fingerprint density at radius 3 is 2.26 bits per heavy atom. The molecule has 0 aromatic heterocycles. The van der Waals surface area contributed by atoms with Crippen LogP contribution < -0.4 is 9.62 Å². The molecule has 0 heterocycles. The predicted molar refractivity (Wildman–Crippen MR) is 152 cm³/mol. The summed E-state index contributed by atoms with van der Waals surface area (Å²) in [6.45, 7) is 7.48. The van der Waals surface area contributed by atoms with E-state index in [1.807, 2.05) is 52.0 Å². The van der Waals surface area contributed by atoms with Crippen molar-refractivity contribution in [1.29, 1.82) is 0 Å². The third-order valence-electron chi connectivity index (χ3n) is 6.23. The number of rotatable bonds is 11. The third kappa shape index (κ3) is 6.94. The van der Waals surface area contributed by atoms with Gasteiger partial charge in [0.15, 0.2) is 0 Å². The summed E-state index contributed by atoms with van der Waals surface area (Å²) < 4.78 is 28.7. The quantitative estimate of drug-likeness (QED) is 0.357. The molecular formula is C29H34ClN3O4S. The summed E-state index contributed by atoms with van der Waals surface area (Å²) in [6, 6.07) is 19.7. The zero-order valence-corrected chi connectivity index (χ0v) is 23.7. The van der Waals surface area contributed by atoms with Crippen LogP contribution in [0.4, 0.5) is 5.69 Å². The van der Waals surface area contributed by atoms with Crippen molar-refractivity contribution in [3.8, 4) is 0 Å². The highest BCUT2D eigenvalue weighted by molar-refractivity contribution is 7.92. The van der Waals surface area contributed by atoms with Crippen LogP contribution in [0.3, 0.4) is 0 Å². The molecule has 0 saturated heterocycles. The van der Waals surface area contributed by atoms with Crippen LogP contribution in [0.15, 0.2) is 77.7 Å². The first kappa shape index (κ1) is 29.2. The molecule has 0 bridgehead atoms. The summed E-state index contributed by atoms with van der Waals surface area (Å²) in [5.74, 6) is -0.785. The Labute approximate surface area is 230 Å². The molecule has 2 amide bonds. The summed E-state index contributed by atoms with van der Waals surface area (Å²) in [5, 5.41) is 3.18. The van der Waals surface area contributed by atoms with Gasteiger partial charge >= 0.3 is 0 Å². The number of benzene rings is 3. The molecule has 1 atom stereocenters. The van der Waals surface area contributed by atoms with Crippen molar-refractivity contribution in [2.75, 3.05) is 17.4 Å². The summed E-state index contributed by atoms with van der Waals surface area (Å²) in [4.78, 5) is 28.4. The summed E-state index contributed by atoms with van der Waals surface area (Å²) in [5.41, 5.74) is 2.90. The molecule has 0 spiro atoms. The van der Waals surface area contributed by atoms with E-state index in [4.69, 9.17) is 11.6 Å². The van der Waals surface area contributed by atoms with E-state index in [9.17, 15) is 18.0 Å². The molecule has 9 heteroatoms. The van der Waals surface area contributed by atoms with Gasteiger partial charge in [-0.15, -0.1) is 0 Å². The molecule has 0 aliphatic carbocycles. The minimum atomic E-state index is -4.13. The molecular weight excluding hydrogens is 522 g/mol. The number of carbonyl (C=O) groups is 2. The third-order valence-corrected chi connectivity index (χ3v) is 8.42. The molecule has 0 radical (unpaired) electrons. The number of sulfonamides is 1. The van der Waals surface area contributed by atoms with Crippen LogP contribution >= 0.6 is 11.6 Å². The van der Waals surface area contributed by atoms with Crippen molar-refractivity contribution in [1.82, 2.24) is 10.2 Å². The maximum atomic E-state index is 14.0. The Morgan fingerprint density at radius 1 is 0.947 bits per heavy atom. The largest absolute Gasteiger partial charge is 0.355 e. The maximum absolute atomic E-state index is 14.0. The molecule has 0 fully saturated rings. The van der Waals surface area contributed by atoms with E-state index in [2.05, 4.69) is 5.32 Å². The van der Waals surface area contributed by atoms with Crippen molar-refractivity contribution >= 4 is 39.1 Å². The maximum Gasteiger partial charge on any atom is 0.264 e. The Kier molecular flexibility index (Phi) is 9.94. The fourth-order valence-electron chi connectivity index (χ4n) is 4.20. The molecule has 7 nitrogen and oxygen atoms in total. The highest BCUT2D eigenvalue weighted by atomic mass is 35.5. The van der Waals surface area contributed by atoms with Gasteiger partial charge in [-0.1, -0.05) is 72.6 Å². The number of carbonyl (C=O) groups excluding carboxylic acids is 2. The summed E-state index contributed by atoms with van der Waals surface area (Å²) in [7, 11) is -4.13. The second-order valence-corrected chi connectivity index (χ2v) is 11.4. The summed E-state index contributed by atoms with van der Waals surface area (Å²) >= 11 is 6.35. The number of anilines is 1. The SMILES string of the molecule is CCNC(=O)C(CC)N(Cc1cccc(C)c1)C(=O)CN(c1ccc(C)c(Cl)c1)S(=O)(=O)c1ccccc1. The molecule has 0 aliphatic rings. The van der Waals surface area contributed by atoms with Gasteiger partial charge in [-0.3, -0.25) is 13.9 Å². The van der Waals surface area contributed by atoms with E-state index >= 15 is 0 Å². The van der Waals surface area contributed by atoms with Gasteiger partial charge in [0.05, 0.1) is 10.6 Å². The Hall–Kier alpha value is -3.36. The van der Waals surface area contributed by atoms with Crippen LogP contribution in [-0.2, 0) is 26.2 Å². The second-order valence-electron chi connectivity index (χ2n) is 9.09. The number of amides is 2. The fourth-order valence-corrected chi connectivity index (χ4v) is 5.81. The molecule has 0 aliphatic heterocycles. The highest BCUT2D eigenvalue weighted by Crippen LogP contribution is 2.28. The molecule has 3 aromatic carbocycles. The van der Waals surface area contributed by atoms with Gasteiger partial charge in [0.1, 0.15) is 12.6 Å². The monoisotopic (exact) mass is 555 g/mol. The molecule has 38 heavy (non-hydrogen) atoms. The zero-order valence-electron chi connectivity index (χ0n) is 22.1. The lowest BCUT2D eigenvalue weighted by atomic mass is 10.1. The first-order valence-electron chi connectivity index (χ1n) is 12.5. The normalized spacial score (nSPS) is 12.0. The molecule has 202 valence electrons. The standard InChI is InChI=1S/C29H34ClN3O4S/c1-5-27(29(35)31-6-2)32(19-23-12-10-11-21(3)17-23)28(34)20-33(24-16-15-22(4)26(30)18-24)38(36,37)25-13-8-7-9-14-25/h7-18,27H,5-6,19-20H2,1-4H3,(H,31,35). The smallest absolute Gasteiger partial charge is 0.264 e. The van der Waals surface area contributed by atoms with Crippen LogP contribution in [-0.4, -0.2) is 44.3 Å². The van der Waals surface area contributed by atoms with Crippen LogP contribution in [0.25, 0.3) is 0 Å². The van der Waals surface area contributed by atoms with Gasteiger partial charge in [0.25, 0.3) is 10.0 Å². The molecule has 1 N–H and O–H groups in total. The number of hydrogen-bond acceptors (Lipinski definition) is 4. The van der Waals surface area contributed by atoms with Crippen molar-refractivity contribution in [2.45, 2.75) is 51.6 Å². The lowest BCUT2D eigenvalue weighted by Crippen LogP contribution is -2.52. The van der Waals surface area contributed by atoms with Crippen LogP contribution in [0, 0.1) is 13.8 Å². The number of aryl methyl sites for hydroxylation is 2. The number of hydrogen-bond donors (Lipinski definition) is 1. The van der Waals surface area contributed by atoms with Crippen LogP contribution in [0.1, 0.15) is 37.0 Å². The van der Waals surface area contributed by atoms with Crippen LogP contribution in [0.5, 0.6) is 0 Å². The average Bonchev–Trinajstić information content (AvgIpc) is 2.89. The lowest BCUT2D eigenvalue weighted by Gasteiger charge is -2.33. The van der Waals surface area contributed by atoms with E-state index in [1.54, 1.807) is 30.3 Å². The van der Waals surface area contributed by atoms with Gasteiger partial charge in [-0.2, -0.15) is 0 Å². The topological polar surface area (TPSA) is 86.8 Å². The lowest BCUT2D eigenvalue weighted by molar-refractivity contribution is -0.140.